The number of carbonyl (C=O) groups is 1. The standard InChI is InChI=1S/C19H23N3O3/c1-12-13(2)20-18(21-19(12)24)15-8-6-10-22(15)17(23)11-14-7-4-5-9-16(14)25-3/h4-5,7,9,15H,6,8,10-11H2,1-3H3,(H,20,21,24)/t15-/m1/s1. The lowest BCUT2D eigenvalue weighted by Crippen LogP contribution is -2.34. The minimum atomic E-state index is -0.172. The predicted octanol–water partition coefficient (Wildman–Crippen LogP) is 2.30. The van der Waals surface area contributed by atoms with Crippen LogP contribution in [0.4, 0.5) is 0 Å². The molecule has 1 aromatic carbocycles. The second-order valence-electron chi connectivity index (χ2n) is 6.40. The van der Waals surface area contributed by atoms with Gasteiger partial charge in [0.2, 0.25) is 5.91 Å². The van der Waals surface area contributed by atoms with Crippen molar-refractivity contribution in [1.82, 2.24) is 14.9 Å². The molecule has 1 saturated heterocycles. The third-order valence-electron chi connectivity index (χ3n) is 4.84. The van der Waals surface area contributed by atoms with E-state index in [0.717, 1.165) is 18.4 Å². The summed E-state index contributed by atoms with van der Waals surface area (Å²) in [5, 5.41) is 0. The highest BCUT2D eigenvalue weighted by Gasteiger charge is 2.32. The number of benzene rings is 1. The fourth-order valence-electron chi connectivity index (χ4n) is 3.29. The van der Waals surface area contributed by atoms with Crippen LogP contribution in [0.15, 0.2) is 29.1 Å². The fourth-order valence-corrected chi connectivity index (χ4v) is 3.29. The maximum atomic E-state index is 12.9. The van der Waals surface area contributed by atoms with Crippen molar-refractivity contribution in [3.05, 3.63) is 57.3 Å². The minimum Gasteiger partial charge on any atom is -0.496 e. The molecule has 1 fully saturated rings. The molecule has 1 aromatic heterocycles. The number of nitrogens with zero attached hydrogens (tertiary/aromatic N) is 2. The number of aromatic amines is 1. The Morgan fingerprint density at radius 3 is 2.84 bits per heavy atom. The third-order valence-corrected chi connectivity index (χ3v) is 4.84. The normalized spacial score (nSPS) is 16.9. The monoisotopic (exact) mass is 341 g/mol. The van der Waals surface area contributed by atoms with E-state index in [0.29, 0.717) is 29.4 Å². The van der Waals surface area contributed by atoms with Crippen LogP contribution in [0.3, 0.4) is 0 Å². The van der Waals surface area contributed by atoms with Gasteiger partial charge in [-0.15, -0.1) is 0 Å². The Bertz CT molecular complexity index is 844. The first-order valence-corrected chi connectivity index (χ1v) is 8.50. The summed E-state index contributed by atoms with van der Waals surface area (Å²) < 4.78 is 5.33. The first kappa shape index (κ1) is 17.2. The molecule has 6 nitrogen and oxygen atoms in total. The summed E-state index contributed by atoms with van der Waals surface area (Å²) in [4.78, 5) is 34.1. The number of H-pyrrole nitrogens is 1. The number of para-hydroxylation sites is 1. The molecule has 1 aliphatic heterocycles. The Morgan fingerprint density at radius 2 is 2.12 bits per heavy atom. The molecular formula is C19H23N3O3. The molecule has 0 aliphatic carbocycles. The number of likely N-dealkylation sites (tertiary alicyclic amines) is 1. The average Bonchev–Trinajstić information content (AvgIpc) is 3.09. The average molecular weight is 341 g/mol. The second-order valence-corrected chi connectivity index (χ2v) is 6.40. The first-order valence-electron chi connectivity index (χ1n) is 8.50. The zero-order chi connectivity index (χ0) is 18.0. The third kappa shape index (κ3) is 3.43. The molecular weight excluding hydrogens is 318 g/mol. The topological polar surface area (TPSA) is 75.3 Å². The lowest BCUT2D eigenvalue weighted by atomic mass is 10.1. The van der Waals surface area contributed by atoms with E-state index in [1.807, 2.05) is 36.1 Å². The number of aryl methyl sites for hydroxylation is 1. The Morgan fingerprint density at radius 1 is 1.36 bits per heavy atom. The zero-order valence-electron chi connectivity index (χ0n) is 14.8. The van der Waals surface area contributed by atoms with E-state index in [2.05, 4.69) is 9.97 Å². The van der Waals surface area contributed by atoms with E-state index in [9.17, 15) is 9.59 Å². The molecule has 1 aliphatic rings. The van der Waals surface area contributed by atoms with Crippen LogP contribution in [0.5, 0.6) is 5.75 Å². The number of carbonyl (C=O) groups excluding carboxylic acids is 1. The molecule has 0 unspecified atom stereocenters. The number of amides is 1. The van der Waals surface area contributed by atoms with Gasteiger partial charge in [0.05, 0.1) is 19.6 Å². The zero-order valence-corrected chi connectivity index (χ0v) is 14.8. The molecule has 0 bridgehead atoms. The number of aromatic nitrogens is 2. The highest BCUT2D eigenvalue weighted by atomic mass is 16.5. The van der Waals surface area contributed by atoms with Crippen molar-refractivity contribution in [3.63, 3.8) is 0 Å². The van der Waals surface area contributed by atoms with E-state index in [-0.39, 0.29) is 23.9 Å². The summed E-state index contributed by atoms with van der Waals surface area (Å²) in [5.41, 5.74) is 2.06. The van der Waals surface area contributed by atoms with Gasteiger partial charge in [-0.2, -0.15) is 0 Å². The van der Waals surface area contributed by atoms with Crippen LogP contribution < -0.4 is 10.3 Å². The van der Waals surface area contributed by atoms with E-state index in [4.69, 9.17) is 4.74 Å². The Kier molecular flexibility index (Phi) is 4.88. The summed E-state index contributed by atoms with van der Waals surface area (Å²) in [5.74, 6) is 1.32. The summed E-state index contributed by atoms with van der Waals surface area (Å²) in [6.45, 7) is 4.25. The SMILES string of the molecule is COc1ccccc1CC(=O)N1CCC[C@@H]1c1nc(C)c(C)c(=O)[nH]1. The van der Waals surface area contributed by atoms with Crippen LogP contribution in [0.25, 0.3) is 0 Å². The number of hydrogen-bond acceptors (Lipinski definition) is 4. The molecule has 3 rings (SSSR count). The van der Waals surface area contributed by atoms with Gasteiger partial charge in [-0.05, 0) is 32.8 Å². The van der Waals surface area contributed by atoms with Gasteiger partial charge >= 0.3 is 0 Å². The highest BCUT2D eigenvalue weighted by Crippen LogP contribution is 2.31. The number of methoxy groups -OCH3 is 1. The van der Waals surface area contributed by atoms with Crippen molar-refractivity contribution in [2.24, 2.45) is 0 Å². The lowest BCUT2D eigenvalue weighted by molar-refractivity contribution is -0.131. The molecule has 1 amide bonds. The number of nitrogens with one attached hydrogen (secondary N) is 1. The largest absolute Gasteiger partial charge is 0.496 e. The van der Waals surface area contributed by atoms with Crippen molar-refractivity contribution in [2.45, 2.75) is 39.2 Å². The molecule has 6 heteroatoms. The van der Waals surface area contributed by atoms with Gasteiger partial charge in [-0.1, -0.05) is 18.2 Å². The molecule has 0 spiro atoms. The summed E-state index contributed by atoms with van der Waals surface area (Å²) >= 11 is 0. The van der Waals surface area contributed by atoms with Gasteiger partial charge in [0.1, 0.15) is 11.6 Å². The van der Waals surface area contributed by atoms with Gasteiger partial charge < -0.3 is 14.6 Å². The number of ether oxygens (including phenoxy) is 1. The highest BCUT2D eigenvalue weighted by molar-refractivity contribution is 5.80. The fraction of sp³-hybridized carbons (Fsp3) is 0.421. The molecule has 1 N–H and O–H groups in total. The Labute approximate surface area is 146 Å². The van der Waals surface area contributed by atoms with Crippen molar-refractivity contribution in [2.75, 3.05) is 13.7 Å². The quantitative estimate of drug-likeness (QED) is 0.926. The molecule has 1 atom stereocenters. The number of rotatable bonds is 4. The molecule has 0 saturated carbocycles. The van der Waals surface area contributed by atoms with E-state index < -0.39 is 0 Å². The van der Waals surface area contributed by atoms with Crippen LogP contribution in [0, 0.1) is 13.8 Å². The van der Waals surface area contributed by atoms with Crippen molar-refractivity contribution in [3.8, 4) is 5.75 Å². The van der Waals surface area contributed by atoms with E-state index in [1.165, 1.54) is 0 Å². The molecule has 25 heavy (non-hydrogen) atoms. The molecule has 132 valence electrons. The van der Waals surface area contributed by atoms with Crippen molar-refractivity contribution < 1.29 is 9.53 Å². The lowest BCUT2D eigenvalue weighted by Gasteiger charge is -2.24. The number of hydrogen-bond donors (Lipinski definition) is 1. The maximum Gasteiger partial charge on any atom is 0.254 e. The van der Waals surface area contributed by atoms with Gasteiger partial charge in [-0.3, -0.25) is 9.59 Å². The minimum absolute atomic E-state index is 0.0212. The second kappa shape index (κ2) is 7.09. The first-order chi connectivity index (χ1) is 12.0. The molecule has 0 radical (unpaired) electrons. The molecule has 2 aromatic rings. The molecule has 2 heterocycles. The van der Waals surface area contributed by atoms with Crippen LogP contribution in [-0.2, 0) is 11.2 Å². The van der Waals surface area contributed by atoms with Gasteiger partial charge in [0, 0.05) is 23.4 Å². The van der Waals surface area contributed by atoms with Crippen molar-refractivity contribution >= 4 is 5.91 Å². The van der Waals surface area contributed by atoms with E-state index in [1.54, 1.807) is 14.0 Å². The van der Waals surface area contributed by atoms with Crippen LogP contribution in [0.1, 0.15) is 41.5 Å². The maximum absolute atomic E-state index is 12.9. The summed E-state index contributed by atoms with van der Waals surface area (Å²) in [6.07, 6.45) is 1.98. The van der Waals surface area contributed by atoms with Crippen molar-refractivity contribution in [1.29, 1.82) is 0 Å². The van der Waals surface area contributed by atoms with Gasteiger partial charge in [-0.25, -0.2) is 4.98 Å². The van der Waals surface area contributed by atoms with E-state index >= 15 is 0 Å². The predicted molar refractivity (Wildman–Crippen MR) is 94.7 cm³/mol. The Hall–Kier alpha value is -2.63. The summed E-state index contributed by atoms with van der Waals surface area (Å²) in [7, 11) is 1.60. The smallest absolute Gasteiger partial charge is 0.254 e. The van der Waals surface area contributed by atoms with Crippen LogP contribution in [0.2, 0.25) is 0 Å². The van der Waals surface area contributed by atoms with Gasteiger partial charge in [0.25, 0.3) is 5.56 Å². The summed E-state index contributed by atoms with van der Waals surface area (Å²) in [6, 6.07) is 7.36. The Balaban J connectivity index is 1.84. The van der Waals surface area contributed by atoms with Gasteiger partial charge in [0.15, 0.2) is 0 Å². The van der Waals surface area contributed by atoms with Crippen LogP contribution in [-0.4, -0.2) is 34.4 Å². The van der Waals surface area contributed by atoms with Crippen LogP contribution >= 0.6 is 0 Å².